The van der Waals surface area contributed by atoms with Crippen molar-refractivity contribution < 1.29 is 0 Å². The summed E-state index contributed by atoms with van der Waals surface area (Å²) >= 11 is 0. The van der Waals surface area contributed by atoms with E-state index in [0.717, 1.165) is 13.1 Å². The summed E-state index contributed by atoms with van der Waals surface area (Å²) in [5.74, 6) is 0. The molecular weight excluding hydrogens is 86.1 g/mol. The van der Waals surface area contributed by atoms with Gasteiger partial charge in [0.15, 0.2) is 0 Å². The van der Waals surface area contributed by atoms with Crippen molar-refractivity contribution in [3.63, 3.8) is 0 Å². The lowest BCUT2D eigenvalue weighted by molar-refractivity contribution is 0.381. The van der Waals surface area contributed by atoms with Crippen molar-refractivity contribution in [2.45, 2.75) is 13.8 Å². The standard InChI is InChI=1S/C6H14N/c1-4-6-7(3)5-2/h4H,5-6H2,1-3H3. The van der Waals surface area contributed by atoms with Crippen LogP contribution < -0.4 is 0 Å². The molecule has 0 aliphatic rings. The molecule has 0 aliphatic heterocycles. The molecule has 0 heterocycles. The van der Waals surface area contributed by atoms with Crippen LogP contribution in [0.15, 0.2) is 0 Å². The molecule has 1 nitrogen and oxygen atoms in total. The van der Waals surface area contributed by atoms with Gasteiger partial charge in [-0.25, -0.2) is 0 Å². The first-order valence-corrected chi connectivity index (χ1v) is 2.77. The summed E-state index contributed by atoms with van der Waals surface area (Å²) in [5, 5.41) is 0. The maximum Gasteiger partial charge on any atom is 0.000687 e. The summed E-state index contributed by atoms with van der Waals surface area (Å²) in [4.78, 5) is 2.25. The van der Waals surface area contributed by atoms with Crippen LogP contribution in [0.5, 0.6) is 0 Å². The molecule has 0 saturated heterocycles. The highest BCUT2D eigenvalue weighted by Crippen LogP contribution is 1.80. The summed E-state index contributed by atoms with van der Waals surface area (Å²) in [7, 11) is 2.11. The second-order valence-electron chi connectivity index (χ2n) is 1.76. The van der Waals surface area contributed by atoms with Gasteiger partial charge in [-0.05, 0) is 20.0 Å². The van der Waals surface area contributed by atoms with Gasteiger partial charge < -0.3 is 4.90 Å². The molecular formula is C6H14N. The monoisotopic (exact) mass is 100 g/mol. The fraction of sp³-hybridized carbons (Fsp3) is 0.833. The molecule has 0 amide bonds. The largest absolute Gasteiger partial charge is 0.306 e. The highest BCUT2D eigenvalue weighted by Gasteiger charge is 1.86. The summed E-state index contributed by atoms with van der Waals surface area (Å²) in [6.45, 7) is 6.48. The van der Waals surface area contributed by atoms with Crippen LogP contribution in [0.4, 0.5) is 0 Å². The van der Waals surface area contributed by atoms with Crippen LogP contribution in [0.3, 0.4) is 0 Å². The summed E-state index contributed by atoms with van der Waals surface area (Å²) < 4.78 is 0. The summed E-state index contributed by atoms with van der Waals surface area (Å²) in [6, 6.07) is 0. The van der Waals surface area contributed by atoms with Crippen LogP contribution in [0.25, 0.3) is 0 Å². The first-order valence-electron chi connectivity index (χ1n) is 2.77. The van der Waals surface area contributed by atoms with E-state index < -0.39 is 0 Å². The lowest BCUT2D eigenvalue weighted by Gasteiger charge is -2.09. The number of hydrogen-bond donors (Lipinski definition) is 0. The summed E-state index contributed by atoms with van der Waals surface area (Å²) in [6.07, 6.45) is 2.16. The van der Waals surface area contributed by atoms with Gasteiger partial charge in [0.05, 0.1) is 0 Å². The van der Waals surface area contributed by atoms with Gasteiger partial charge in [0.2, 0.25) is 0 Å². The van der Waals surface area contributed by atoms with Crippen molar-refractivity contribution in [2.75, 3.05) is 20.1 Å². The van der Waals surface area contributed by atoms with Gasteiger partial charge >= 0.3 is 0 Å². The predicted molar refractivity (Wildman–Crippen MR) is 33.1 cm³/mol. The van der Waals surface area contributed by atoms with Gasteiger partial charge in [-0.2, -0.15) is 0 Å². The summed E-state index contributed by atoms with van der Waals surface area (Å²) in [5.41, 5.74) is 0. The fourth-order valence-corrected chi connectivity index (χ4v) is 0.441. The van der Waals surface area contributed by atoms with Crippen molar-refractivity contribution >= 4 is 0 Å². The zero-order valence-corrected chi connectivity index (χ0v) is 5.44. The van der Waals surface area contributed by atoms with E-state index in [4.69, 9.17) is 0 Å². The second kappa shape index (κ2) is 4.13. The Kier molecular flexibility index (Phi) is 4.10. The molecule has 0 aliphatic carbocycles. The molecule has 0 aromatic carbocycles. The SMILES string of the molecule is C[CH]CN(C)CC. The maximum absolute atomic E-state index is 2.25. The quantitative estimate of drug-likeness (QED) is 0.514. The van der Waals surface area contributed by atoms with Crippen LogP contribution >= 0.6 is 0 Å². The van der Waals surface area contributed by atoms with E-state index in [2.05, 4.69) is 32.2 Å². The van der Waals surface area contributed by atoms with Crippen LogP contribution in [-0.2, 0) is 0 Å². The minimum Gasteiger partial charge on any atom is -0.306 e. The van der Waals surface area contributed by atoms with Gasteiger partial charge in [0, 0.05) is 6.54 Å². The predicted octanol–water partition coefficient (Wildman–Crippen LogP) is 1.16. The zero-order valence-electron chi connectivity index (χ0n) is 5.44. The molecule has 0 saturated carbocycles. The lowest BCUT2D eigenvalue weighted by atomic mass is 10.4. The van der Waals surface area contributed by atoms with Crippen molar-refractivity contribution in [1.82, 2.24) is 4.90 Å². The van der Waals surface area contributed by atoms with Crippen LogP contribution in [0, 0.1) is 6.42 Å². The van der Waals surface area contributed by atoms with Gasteiger partial charge in [0.25, 0.3) is 0 Å². The highest BCUT2D eigenvalue weighted by atomic mass is 15.1. The lowest BCUT2D eigenvalue weighted by Crippen LogP contribution is -2.18. The third-order valence-electron chi connectivity index (χ3n) is 1.03. The van der Waals surface area contributed by atoms with E-state index in [1.54, 1.807) is 0 Å². The second-order valence-corrected chi connectivity index (χ2v) is 1.76. The molecule has 0 unspecified atom stereocenters. The minimum absolute atomic E-state index is 1.11. The number of hydrogen-bond acceptors (Lipinski definition) is 1. The zero-order chi connectivity index (χ0) is 5.70. The first kappa shape index (κ1) is 6.96. The molecule has 0 aromatic heterocycles. The molecule has 0 fully saturated rings. The molecule has 0 atom stereocenters. The van der Waals surface area contributed by atoms with Gasteiger partial charge in [-0.3, -0.25) is 0 Å². The van der Waals surface area contributed by atoms with Crippen molar-refractivity contribution in [1.29, 1.82) is 0 Å². The Morgan fingerprint density at radius 2 is 2.14 bits per heavy atom. The molecule has 0 bridgehead atoms. The normalized spacial score (nSPS) is 10.3. The minimum atomic E-state index is 1.11. The van der Waals surface area contributed by atoms with Crippen LogP contribution in [0.1, 0.15) is 13.8 Å². The van der Waals surface area contributed by atoms with Crippen molar-refractivity contribution in [3.8, 4) is 0 Å². The Morgan fingerprint density at radius 1 is 1.57 bits per heavy atom. The third-order valence-corrected chi connectivity index (χ3v) is 1.03. The third kappa shape index (κ3) is 3.80. The van der Waals surface area contributed by atoms with E-state index in [9.17, 15) is 0 Å². The van der Waals surface area contributed by atoms with E-state index in [1.807, 2.05) is 0 Å². The van der Waals surface area contributed by atoms with E-state index >= 15 is 0 Å². The van der Waals surface area contributed by atoms with Gasteiger partial charge in [-0.1, -0.05) is 13.8 Å². The molecule has 0 aromatic rings. The molecule has 0 N–H and O–H groups in total. The Morgan fingerprint density at radius 3 is 2.29 bits per heavy atom. The van der Waals surface area contributed by atoms with E-state index in [-0.39, 0.29) is 0 Å². The Labute approximate surface area is 46.3 Å². The van der Waals surface area contributed by atoms with E-state index in [1.165, 1.54) is 0 Å². The number of rotatable bonds is 3. The Hall–Kier alpha value is -0.0400. The van der Waals surface area contributed by atoms with Crippen molar-refractivity contribution in [2.24, 2.45) is 0 Å². The molecule has 7 heavy (non-hydrogen) atoms. The van der Waals surface area contributed by atoms with Crippen LogP contribution in [0.2, 0.25) is 0 Å². The molecule has 0 spiro atoms. The maximum atomic E-state index is 2.25. The topological polar surface area (TPSA) is 3.24 Å². The Balaban J connectivity index is 2.83. The molecule has 1 radical (unpaired) electrons. The highest BCUT2D eigenvalue weighted by molar-refractivity contribution is 4.59. The average molecular weight is 100 g/mol. The van der Waals surface area contributed by atoms with Crippen molar-refractivity contribution in [3.05, 3.63) is 6.42 Å². The van der Waals surface area contributed by atoms with Crippen LogP contribution in [-0.4, -0.2) is 25.0 Å². The smallest absolute Gasteiger partial charge is 0.000687 e. The number of nitrogens with zero attached hydrogens (tertiary/aromatic N) is 1. The molecule has 1 heteroatoms. The fourth-order valence-electron chi connectivity index (χ4n) is 0.441. The Bertz CT molecular complexity index is 35.2. The van der Waals surface area contributed by atoms with E-state index in [0.29, 0.717) is 0 Å². The molecule has 0 rings (SSSR count). The molecule has 43 valence electrons. The average Bonchev–Trinajstić information content (AvgIpc) is 1.68. The van der Waals surface area contributed by atoms with Gasteiger partial charge in [-0.15, -0.1) is 0 Å². The first-order chi connectivity index (χ1) is 3.31. The van der Waals surface area contributed by atoms with Gasteiger partial charge in [0.1, 0.15) is 0 Å².